The van der Waals surface area contributed by atoms with Crippen LogP contribution in [0.3, 0.4) is 0 Å². The van der Waals surface area contributed by atoms with Gasteiger partial charge in [0.2, 0.25) is 0 Å². The summed E-state index contributed by atoms with van der Waals surface area (Å²) >= 11 is 0. The average molecular weight is 205 g/mol. The van der Waals surface area contributed by atoms with Crippen molar-refractivity contribution in [3.05, 3.63) is 29.1 Å². The molecule has 0 spiro atoms. The van der Waals surface area contributed by atoms with Gasteiger partial charge in [-0.15, -0.1) is 0 Å². The Morgan fingerprint density at radius 3 is 2.67 bits per heavy atom. The first-order chi connectivity index (χ1) is 7.04. The quantitative estimate of drug-likeness (QED) is 0.548. The lowest BCUT2D eigenvalue weighted by atomic mass is 10.1. The van der Waals surface area contributed by atoms with E-state index in [0.29, 0.717) is 5.69 Å². The highest BCUT2D eigenvalue weighted by atomic mass is 19.1. The first-order valence-electron chi connectivity index (χ1n) is 4.45. The molecule has 0 atom stereocenters. The number of aryl methyl sites for hydroxylation is 1. The van der Waals surface area contributed by atoms with Crippen LogP contribution in [0, 0.1) is 24.1 Å². The van der Waals surface area contributed by atoms with Crippen molar-refractivity contribution >= 4 is 12.0 Å². The fraction of sp³-hybridized carbons (Fsp3) is 0.273. The number of aliphatic imine (C=N–C) groups is 1. The Morgan fingerprint density at radius 1 is 1.47 bits per heavy atom. The molecule has 0 aromatic heterocycles. The average Bonchev–Trinajstić information content (AvgIpc) is 2.13. The molecular weight excluding hydrogens is 193 g/mol. The summed E-state index contributed by atoms with van der Waals surface area (Å²) in [4.78, 5) is 5.76. The van der Waals surface area contributed by atoms with Crippen LogP contribution in [0.5, 0.6) is 0 Å². The summed E-state index contributed by atoms with van der Waals surface area (Å²) in [6, 6.07) is 4.82. The van der Waals surface area contributed by atoms with E-state index in [1.165, 1.54) is 12.4 Å². The SMILES string of the molecule is Cc1cc(F)c(C#N)c(/N=C/N(C)C)c1. The van der Waals surface area contributed by atoms with Crippen LogP contribution in [0.25, 0.3) is 0 Å². The largest absolute Gasteiger partial charge is 0.369 e. The molecule has 1 rings (SSSR count). The minimum Gasteiger partial charge on any atom is -0.369 e. The smallest absolute Gasteiger partial charge is 0.143 e. The number of nitrogens with zero attached hydrogens (tertiary/aromatic N) is 3. The Hall–Kier alpha value is -1.89. The van der Waals surface area contributed by atoms with Crippen LogP contribution in [0.4, 0.5) is 10.1 Å². The van der Waals surface area contributed by atoms with E-state index in [2.05, 4.69) is 4.99 Å². The number of halogens is 1. The standard InChI is InChI=1S/C11H12FN3/c1-8-4-10(12)9(6-13)11(5-8)14-7-15(2)3/h4-5,7H,1-3H3/b14-7+. The molecule has 0 aliphatic heterocycles. The van der Waals surface area contributed by atoms with Crippen molar-refractivity contribution in [1.29, 1.82) is 5.26 Å². The predicted octanol–water partition coefficient (Wildman–Crippen LogP) is 2.23. The van der Waals surface area contributed by atoms with E-state index in [0.717, 1.165) is 5.56 Å². The van der Waals surface area contributed by atoms with Gasteiger partial charge in [0.25, 0.3) is 0 Å². The Balaban J connectivity index is 3.22. The summed E-state index contributed by atoms with van der Waals surface area (Å²) in [5.41, 5.74) is 1.10. The second-order valence-corrected chi connectivity index (χ2v) is 3.46. The zero-order chi connectivity index (χ0) is 11.4. The van der Waals surface area contributed by atoms with Crippen molar-refractivity contribution in [2.75, 3.05) is 14.1 Å². The summed E-state index contributed by atoms with van der Waals surface area (Å²) in [5.74, 6) is -0.525. The van der Waals surface area contributed by atoms with Gasteiger partial charge in [0, 0.05) is 14.1 Å². The fourth-order valence-electron chi connectivity index (χ4n) is 1.11. The summed E-state index contributed by atoms with van der Waals surface area (Å²) in [5, 5.41) is 8.78. The predicted molar refractivity (Wildman–Crippen MR) is 57.7 cm³/mol. The third-order valence-electron chi connectivity index (χ3n) is 1.75. The number of benzene rings is 1. The Labute approximate surface area is 88.5 Å². The van der Waals surface area contributed by atoms with Crippen molar-refractivity contribution in [2.24, 2.45) is 4.99 Å². The molecule has 0 fully saturated rings. The highest BCUT2D eigenvalue weighted by Crippen LogP contribution is 2.22. The monoisotopic (exact) mass is 205 g/mol. The normalized spacial score (nSPS) is 10.3. The molecule has 1 aromatic carbocycles. The third kappa shape index (κ3) is 2.78. The molecule has 4 heteroatoms. The Bertz CT molecular complexity index is 430. The van der Waals surface area contributed by atoms with Crippen LogP contribution < -0.4 is 0 Å². The summed E-state index contributed by atoms with van der Waals surface area (Å²) < 4.78 is 13.3. The minimum absolute atomic E-state index is 0.0151. The second kappa shape index (κ2) is 4.56. The first-order valence-corrected chi connectivity index (χ1v) is 4.45. The highest BCUT2D eigenvalue weighted by Gasteiger charge is 2.07. The van der Waals surface area contributed by atoms with Crippen molar-refractivity contribution in [2.45, 2.75) is 6.92 Å². The van der Waals surface area contributed by atoms with E-state index >= 15 is 0 Å². The van der Waals surface area contributed by atoms with E-state index in [4.69, 9.17) is 5.26 Å². The molecule has 0 saturated carbocycles. The summed E-state index contributed by atoms with van der Waals surface area (Å²) in [7, 11) is 3.61. The molecular formula is C11H12FN3. The Morgan fingerprint density at radius 2 is 2.13 bits per heavy atom. The lowest BCUT2D eigenvalue weighted by Gasteiger charge is -2.04. The van der Waals surface area contributed by atoms with Crippen molar-refractivity contribution in [3.8, 4) is 6.07 Å². The van der Waals surface area contributed by atoms with Gasteiger partial charge < -0.3 is 4.90 Å². The van der Waals surface area contributed by atoms with E-state index in [9.17, 15) is 4.39 Å². The molecule has 0 unspecified atom stereocenters. The van der Waals surface area contributed by atoms with Crippen molar-refractivity contribution < 1.29 is 4.39 Å². The van der Waals surface area contributed by atoms with Gasteiger partial charge in [-0.25, -0.2) is 9.38 Å². The van der Waals surface area contributed by atoms with E-state index < -0.39 is 5.82 Å². The second-order valence-electron chi connectivity index (χ2n) is 3.46. The molecule has 0 amide bonds. The van der Waals surface area contributed by atoms with Gasteiger partial charge in [-0.2, -0.15) is 5.26 Å². The number of nitriles is 1. The Kier molecular flexibility index (Phi) is 3.40. The molecule has 0 bridgehead atoms. The van der Waals surface area contributed by atoms with E-state index in [-0.39, 0.29) is 5.56 Å². The van der Waals surface area contributed by atoms with Gasteiger partial charge in [-0.1, -0.05) is 0 Å². The van der Waals surface area contributed by atoms with Crippen molar-refractivity contribution in [3.63, 3.8) is 0 Å². The maximum atomic E-state index is 13.3. The molecule has 0 heterocycles. The molecule has 0 saturated heterocycles. The zero-order valence-electron chi connectivity index (χ0n) is 8.95. The van der Waals surface area contributed by atoms with Gasteiger partial charge in [-0.05, 0) is 24.6 Å². The summed E-state index contributed by atoms with van der Waals surface area (Å²) in [6.45, 7) is 1.76. The number of hydrogen-bond acceptors (Lipinski definition) is 2. The van der Waals surface area contributed by atoms with Gasteiger partial charge in [0.05, 0.1) is 12.0 Å². The molecule has 1 aromatic rings. The van der Waals surface area contributed by atoms with Crippen LogP contribution in [0.2, 0.25) is 0 Å². The first kappa shape index (κ1) is 11.2. The van der Waals surface area contributed by atoms with Crippen LogP contribution in [-0.2, 0) is 0 Å². The van der Waals surface area contributed by atoms with Crippen LogP contribution >= 0.6 is 0 Å². The zero-order valence-corrected chi connectivity index (χ0v) is 8.95. The van der Waals surface area contributed by atoms with Gasteiger partial charge in [-0.3, -0.25) is 0 Å². The lowest BCUT2D eigenvalue weighted by molar-refractivity contribution is 0.622. The minimum atomic E-state index is -0.525. The maximum absolute atomic E-state index is 13.3. The molecule has 0 N–H and O–H groups in total. The number of hydrogen-bond donors (Lipinski definition) is 0. The van der Waals surface area contributed by atoms with E-state index in [1.807, 2.05) is 20.2 Å². The maximum Gasteiger partial charge on any atom is 0.143 e. The number of rotatable bonds is 2. The summed E-state index contributed by atoms with van der Waals surface area (Å²) in [6.07, 6.45) is 1.54. The van der Waals surface area contributed by atoms with Gasteiger partial charge in [0.15, 0.2) is 0 Å². The molecule has 0 radical (unpaired) electrons. The van der Waals surface area contributed by atoms with Gasteiger partial charge in [0.1, 0.15) is 17.4 Å². The van der Waals surface area contributed by atoms with Gasteiger partial charge >= 0.3 is 0 Å². The molecule has 0 aliphatic carbocycles. The van der Waals surface area contributed by atoms with Crippen LogP contribution in [-0.4, -0.2) is 25.3 Å². The lowest BCUT2D eigenvalue weighted by Crippen LogP contribution is -2.07. The fourth-order valence-corrected chi connectivity index (χ4v) is 1.11. The van der Waals surface area contributed by atoms with Crippen LogP contribution in [0.15, 0.2) is 17.1 Å². The molecule has 78 valence electrons. The van der Waals surface area contributed by atoms with Crippen LogP contribution in [0.1, 0.15) is 11.1 Å². The molecule has 0 aliphatic rings. The molecule has 15 heavy (non-hydrogen) atoms. The van der Waals surface area contributed by atoms with E-state index in [1.54, 1.807) is 17.9 Å². The topological polar surface area (TPSA) is 39.4 Å². The highest BCUT2D eigenvalue weighted by molar-refractivity contribution is 5.65. The molecule has 3 nitrogen and oxygen atoms in total. The third-order valence-corrected chi connectivity index (χ3v) is 1.75. The van der Waals surface area contributed by atoms with Crippen molar-refractivity contribution in [1.82, 2.24) is 4.90 Å².